The summed E-state index contributed by atoms with van der Waals surface area (Å²) in [5, 5.41) is 16.9. The third-order valence-electron chi connectivity index (χ3n) is 5.45. The first kappa shape index (κ1) is 20.5. The lowest BCUT2D eigenvalue weighted by Gasteiger charge is -2.23. The first-order valence-corrected chi connectivity index (χ1v) is 10.00. The minimum absolute atomic E-state index is 0.0166. The van der Waals surface area contributed by atoms with Gasteiger partial charge in [-0.15, -0.1) is 0 Å². The molecule has 0 bridgehead atoms. The summed E-state index contributed by atoms with van der Waals surface area (Å²) < 4.78 is 10.5. The number of methoxy groups -OCH3 is 2. The number of carbonyl (C=O) groups is 1. The van der Waals surface area contributed by atoms with Crippen LogP contribution < -0.4 is 9.47 Å². The van der Waals surface area contributed by atoms with Crippen molar-refractivity contribution in [3.8, 4) is 17.2 Å². The molecule has 31 heavy (non-hydrogen) atoms. The number of benzene rings is 3. The van der Waals surface area contributed by atoms with Crippen LogP contribution in [0.3, 0.4) is 0 Å². The Labute approximate surface area is 181 Å². The highest BCUT2D eigenvalue weighted by atomic mass is 16.5. The van der Waals surface area contributed by atoms with Gasteiger partial charge in [0.1, 0.15) is 5.75 Å². The molecule has 6 nitrogen and oxygen atoms in total. The van der Waals surface area contributed by atoms with E-state index in [1.807, 2.05) is 31.2 Å². The van der Waals surface area contributed by atoms with Crippen LogP contribution in [-0.2, 0) is 0 Å². The van der Waals surface area contributed by atoms with Gasteiger partial charge in [0.05, 0.1) is 26.0 Å². The summed E-state index contributed by atoms with van der Waals surface area (Å²) in [4.78, 5) is 13.4. The molecule has 3 aromatic rings. The smallest absolute Gasteiger partial charge is 0.274 e. The van der Waals surface area contributed by atoms with Crippen molar-refractivity contribution in [1.82, 2.24) is 5.01 Å². The molecule has 0 aromatic heterocycles. The second-order valence-corrected chi connectivity index (χ2v) is 7.41. The van der Waals surface area contributed by atoms with Gasteiger partial charge in [-0.2, -0.15) is 5.10 Å². The fourth-order valence-corrected chi connectivity index (χ4v) is 3.70. The van der Waals surface area contributed by atoms with Gasteiger partial charge in [0.25, 0.3) is 5.91 Å². The molecule has 0 aliphatic carbocycles. The molecule has 1 atom stereocenters. The van der Waals surface area contributed by atoms with Gasteiger partial charge in [-0.3, -0.25) is 4.79 Å². The molecule has 0 radical (unpaired) electrons. The minimum atomic E-state index is -0.457. The quantitative estimate of drug-likeness (QED) is 0.654. The lowest BCUT2D eigenvalue weighted by Crippen LogP contribution is -2.27. The van der Waals surface area contributed by atoms with E-state index in [0.29, 0.717) is 29.0 Å². The van der Waals surface area contributed by atoms with E-state index in [1.165, 1.54) is 12.1 Å². The van der Waals surface area contributed by atoms with Crippen molar-refractivity contribution >= 4 is 11.6 Å². The molecule has 1 heterocycles. The number of carbonyl (C=O) groups excluding carboxylic acids is 1. The summed E-state index contributed by atoms with van der Waals surface area (Å²) in [6.07, 6.45) is 0.478. The molecule has 1 aliphatic rings. The second-order valence-electron chi connectivity index (χ2n) is 7.41. The van der Waals surface area contributed by atoms with E-state index in [1.54, 1.807) is 49.6 Å². The predicted molar refractivity (Wildman–Crippen MR) is 119 cm³/mol. The fraction of sp³-hybridized carbons (Fsp3) is 0.200. The SMILES string of the molecule is COc1ccc(C(=O)N2N=C(c3ccc(C)cc3)C[C@@H]2c2cccc(OC)c2O)cc1. The van der Waals surface area contributed by atoms with Gasteiger partial charge in [-0.05, 0) is 42.8 Å². The predicted octanol–water partition coefficient (Wildman–Crippen LogP) is 4.71. The van der Waals surface area contributed by atoms with Crippen LogP contribution in [0.4, 0.5) is 0 Å². The zero-order valence-corrected chi connectivity index (χ0v) is 17.7. The van der Waals surface area contributed by atoms with Crippen molar-refractivity contribution in [2.24, 2.45) is 5.10 Å². The molecule has 1 amide bonds. The van der Waals surface area contributed by atoms with Crippen molar-refractivity contribution in [1.29, 1.82) is 0 Å². The largest absolute Gasteiger partial charge is 0.504 e. The van der Waals surface area contributed by atoms with E-state index in [9.17, 15) is 9.90 Å². The average molecular weight is 416 g/mol. The van der Waals surface area contributed by atoms with E-state index in [2.05, 4.69) is 5.10 Å². The molecule has 158 valence electrons. The highest BCUT2D eigenvalue weighted by Gasteiger charge is 2.35. The molecule has 3 aromatic carbocycles. The average Bonchev–Trinajstić information content (AvgIpc) is 3.24. The van der Waals surface area contributed by atoms with Gasteiger partial charge >= 0.3 is 0 Å². The van der Waals surface area contributed by atoms with Gasteiger partial charge in [-0.1, -0.05) is 42.0 Å². The number of ether oxygens (including phenoxy) is 2. The highest BCUT2D eigenvalue weighted by molar-refractivity contribution is 6.05. The van der Waals surface area contributed by atoms with E-state index in [0.717, 1.165) is 16.8 Å². The Kier molecular flexibility index (Phi) is 5.62. The maximum Gasteiger partial charge on any atom is 0.274 e. The van der Waals surface area contributed by atoms with Crippen LogP contribution in [0.5, 0.6) is 17.2 Å². The number of aryl methyl sites for hydroxylation is 1. The second kappa shape index (κ2) is 8.52. The highest BCUT2D eigenvalue weighted by Crippen LogP contribution is 2.41. The monoisotopic (exact) mass is 416 g/mol. The number of hydrogen-bond acceptors (Lipinski definition) is 5. The van der Waals surface area contributed by atoms with Crippen molar-refractivity contribution in [2.75, 3.05) is 14.2 Å². The minimum Gasteiger partial charge on any atom is -0.504 e. The van der Waals surface area contributed by atoms with Gasteiger partial charge in [0.2, 0.25) is 0 Å². The Hall–Kier alpha value is -3.80. The number of para-hydroxylation sites is 1. The number of phenolic OH excluding ortho intramolecular Hbond substituents is 1. The van der Waals surface area contributed by atoms with Crippen LogP contribution in [0.25, 0.3) is 0 Å². The number of nitrogens with zero attached hydrogens (tertiary/aromatic N) is 2. The van der Waals surface area contributed by atoms with E-state index in [4.69, 9.17) is 9.47 Å². The molecule has 0 saturated carbocycles. The summed E-state index contributed by atoms with van der Waals surface area (Å²) in [5.74, 6) is 0.793. The molecule has 0 saturated heterocycles. The van der Waals surface area contributed by atoms with Crippen molar-refractivity contribution in [2.45, 2.75) is 19.4 Å². The van der Waals surface area contributed by atoms with Crippen molar-refractivity contribution in [3.05, 3.63) is 89.0 Å². The molecule has 1 N–H and O–H groups in total. The third-order valence-corrected chi connectivity index (χ3v) is 5.45. The molecule has 1 aliphatic heterocycles. The maximum atomic E-state index is 13.4. The topological polar surface area (TPSA) is 71.4 Å². The standard InChI is InChI=1S/C25H24N2O4/c1-16-7-9-17(10-8-16)21-15-22(20-5-4-6-23(31-3)24(20)28)27(26-21)25(29)18-11-13-19(30-2)14-12-18/h4-14,22,28H,15H2,1-3H3/t22-/m1/s1. The lowest BCUT2D eigenvalue weighted by molar-refractivity contribution is 0.0709. The number of hydrogen-bond donors (Lipinski definition) is 1. The summed E-state index contributed by atoms with van der Waals surface area (Å²) >= 11 is 0. The Balaban J connectivity index is 1.75. The van der Waals surface area contributed by atoms with Crippen LogP contribution in [-0.4, -0.2) is 36.0 Å². The zero-order valence-electron chi connectivity index (χ0n) is 17.7. The third kappa shape index (κ3) is 3.97. The zero-order chi connectivity index (χ0) is 22.0. The number of amides is 1. The first-order chi connectivity index (χ1) is 15.0. The van der Waals surface area contributed by atoms with E-state index < -0.39 is 6.04 Å². The van der Waals surface area contributed by atoms with Gasteiger partial charge in [-0.25, -0.2) is 5.01 Å². The first-order valence-electron chi connectivity index (χ1n) is 10.00. The Morgan fingerprint density at radius 1 is 1.00 bits per heavy atom. The van der Waals surface area contributed by atoms with Gasteiger partial charge < -0.3 is 14.6 Å². The van der Waals surface area contributed by atoms with Crippen molar-refractivity contribution in [3.63, 3.8) is 0 Å². The van der Waals surface area contributed by atoms with Crippen LogP contribution in [0.1, 0.15) is 39.5 Å². The molecular weight excluding hydrogens is 392 g/mol. The van der Waals surface area contributed by atoms with Crippen LogP contribution in [0.2, 0.25) is 0 Å². The summed E-state index contributed by atoms with van der Waals surface area (Å²) in [6.45, 7) is 2.02. The van der Waals surface area contributed by atoms with Gasteiger partial charge in [0.15, 0.2) is 11.5 Å². The molecule has 0 unspecified atom stereocenters. The Morgan fingerprint density at radius 3 is 2.35 bits per heavy atom. The van der Waals surface area contributed by atoms with Crippen LogP contribution in [0.15, 0.2) is 71.8 Å². The summed E-state index contributed by atoms with van der Waals surface area (Å²) in [7, 11) is 3.08. The number of phenols is 1. The van der Waals surface area contributed by atoms with E-state index in [-0.39, 0.29) is 11.7 Å². The fourth-order valence-electron chi connectivity index (χ4n) is 3.70. The van der Waals surface area contributed by atoms with Crippen LogP contribution >= 0.6 is 0 Å². The molecule has 6 heteroatoms. The maximum absolute atomic E-state index is 13.4. The number of aromatic hydroxyl groups is 1. The summed E-state index contributed by atoms with van der Waals surface area (Å²) in [6, 6.07) is 19.8. The lowest BCUT2D eigenvalue weighted by atomic mass is 9.96. The van der Waals surface area contributed by atoms with E-state index >= 15 is 0 Å². The normalized spacial score (nSPS) is 15.5. The number of rotatable bonds is 5. The van der Waals surface area contributed by atoms with Crippen molar-refractivity contribution < 1.29 is 19.4 Å². The molecule has 4 rings (SSSR count). The Morgan fingerprint density at radius 2 is 1.71 bits per heavy atom. The van der Waals surface area contributed by atoms with Crippen LogP contribution in [0, 0.1) is 6.92 Å². The summed E-state index contributed by atoms with van der Waals surface area (Å²) in [5.41, 5.74) is 3.96. The van der Waals surface area contributed by atoms with Gasteiger partial charge in [0, 0.05) is 17.5 Å². The number of hydrazone groups is 1. The molecule has 0 fully saturated rings. The molecule has 0 spiro atoms. The Bertz CT molecular complexity index is 1120. The molecular formula is C25H24N2O4.